The smallest absolute Gasteiger partial charge is 0.323 e. The number of rotatable bonds is 2. The van der Waals surface area contributed by atoms with Crippen molar-refractivity contribution in [3.8, 4) is 11.5 Å². The predicted octanol–water partition coefficient (Wildman–Crippen LogP) is 3.78. The molecule has 1 aromatic carbocycles. The van der Waals surface area contributed by atoms with Crippen molar-refractivity contribution < 1.29 is 14.3 Å². The lowest BCUT2D eigenvalue weighted by Gasteiger charge is -2.29. The molecule has 0 saturated heterocycles. The van der Waals surface area contributed by atoms with Crippen LogP contribution in [0.5, 0.6) is 11.5 Å². The Bertz CT molecular complexity index is 879. The molecule has 2 aromatic rings. The summed E-state index contributed by atoms with van der Waals surface area (Å²) in [5, 5.41) is 2.96. The van der Waals surface area contributed by atoms with E-state index < -0.39 is 5.60 Å². The maximum atomic E-state index is 12.9. The number of methoxy groups -OCH3 is 1. The first-order valence-corrected chi connectivity index (χ1v) is 9.33. The van der Waals surface area contributed by atoms with E-state index in [2.05, 4.69) is 10.3 Å². The van der Waals surface area contributed by atoms with Crippen molar-refractivity contribution >= 4 is 11.8 Å². The largest absolute Gasteiger partial charge is 0.497 e. The van der Waals surface area contributed by atoms with Crippen LogP contribution in [0.3, 0.4) is 0 Å². The summed E-state index contributed by atoms with van der Waals surface area (Å²) < 4.78 is 11.5. The van der Waals surface area contributed by atoms with Gasteiger partial charge in [0.2, 0.25) is 0 Å². The molecule has 27 heavy (non-hydrogen) atoms. The van der Waals surface area contributed by atoms with Gasteiger partial charge in [-0.3, -0.25) is 5.32 Å². The number of urea groups is 1. The van der Waals surface area contributed by atoms with Crippen LogP contribution in [0.4, 0.5) is 10.6 Å². The molecule has 1 aliphatic carbocycles. The van der Waals surface area contributed by atoms with Crippen molar-refractivity contribution in [2.24, 2.45) is 0 Å². The molecule has 6 heteroatoms. The Balaban J connectivity index is 1.55. The van der Waals surface area contributed by atoms with Crippen LogP contribution in [-0.2, 0) is 19.4 Å². The first kappa shape index (κ1) is 17.6. The number of anilines is 1. The molecule has 0 radical (unpaired) electrons. The SMILES string of the molecule is COc1ccc2c(c1)OC(C)(C)CN(C(=O)Nc1cc3c(cn1)CCC3)C2. The average Bonchev–Trinajstić information content (AvgIpc) is 3.04. The minimum absolute atomic E-state index is 0.166. The number of benzene rings is 1. The Morgan fingerprint density at radius 2 is 2.04 bits per heavy atom. The van der Waals surface area contributed by atoms with Gasteiger partial charge in [-0.15, -0.1) is 0 Å². The fourth-order valence-electron chi connectivity index (χ4n) is 3.79. The van der Waals surface area contributed by atoms with Crippen molar-refractivity contribution in [1.82, 2.24) is 9.88 Å². The van der Waals surface area contributed by atoms with Crippen molar-refractivity contribution in [3.05, 3.63) is 47.2 Å². The molecule has 0 spiro atoms. The van der Waals surface area contributed by atoms with Gasteiger partial charge in [-0.25, -0.2) is 9.78 Å². The molecule has 142 valence electrons. The van der Waals surface area contributed by atoms with Gasteiger partial charge in [-0.05, 0) is 62.4 Å². The minimum Gasteiger partial charge on any atom is -0.497 e. The number of hydrogen-bond donors (Lipinski definition) is 1. The van der Waals surface area contributed by atoms with E-state index in [1.807, 2.05) is 44.3 Å². The zero-order valence-corrected chi connectivity index (χ0v) is 16.0. The minimum atomic E-state index is -0.514. The summed E-state index contributed by atoms with van der Waals surface area (Å²) in [5.41, 5.74) is 3.02. The molecule has 2 aliphatic rings. The second-order valence-electron chi connectivity index (χ2n) is 7.81. The zero-order valence-electron chi connectivity index (χ0n) is 16.0. The van der Waals surface area contributed by atoms with Crippen LogP contribution in [0.2, 0.25) is 0 Å². The normalized spacial score (nSPS) is 17.4. The van der Waals surface area contributed by atoms with Gasteiger partial charge in [-0.2, -0.15) is 0 Å². The maximum Gasteiger partial charge on any atom is 0.323 e. The number of pyridine rings is 1. The first-order valence-electron chi connectivity index (χ1n) is 9.33. The monoisotopic (exact) mass is 367 g/mol. The van der Waals surface area contributed by atoms with Crippen LogP contribution in [0, 0.1) is 0 Å². The number of aromatic nitrogens is 1. The quantitative estimate of drug-likeness (QED) is 0.877. The Hall–Kier alpha value is -2.76. The highest BCUT2D eigenvalue weighted by Crippen LogP contribution is 2.33. The third kappa shape index (κ3) is 3.70. The van der Waals surface area contributed by atoms with Gasteiger partial charge in [0, 0.05) is 17.8 Å². The van der Waals surface area contributed by atoms with Gasteiger partial charge in [0.1, 0.15) is 22.9 Å². The standard InChI is InChI=1S/C21H25N3O3/c1-21(2)13-24(12-16-7-8-17(26-3)10-18(16)27-21)20(25)23-19-9-14-5-4-6-15(14)11-22-19/h7-11H,4-6,12-13H2,1-3H3,(H,22,23,25). The topological polar surface area (TPSA) is 63.7 Å². The van der Waals surface area contributed by atoms with E-state index >= 15 is 0 Å². The van der Waals surface area contributed by atoms with Crippen molar-refractivity contribution in [3.63, 3.8) is 0 Å². The number of amides is 2. The number of aryl methyl sites for hydroxylation is 2. The van der Waals surface area contributed by atoms with Crippen LogP contribution < -0.4 is 14.8 Å². The fourth-order valence-corrected chi connectivity index (χ4v) is 3.79. The van der Waals surface area contributed by atoms with E-state index in [4.69, 9.17) is 9.47 Å². The number of nitrogens with one attached hydrogen (secondary N) is 1. The molecule has 4 rings (SSSR count). The molecule has 0 unspecified atom stereocenters. The molecular formula is C21H25N3O3. The van der Waals surface area contributed by atoms with Crippen molar-refractivity contribution in [2.75, 3.05) is 19.0 Å². The highest BCUT2D eigenvalue weighted by atomic mass is 16.5. The summed E-state index contributed by atoms with van der Waals surface area (Å²) in [6, 6.07) is 7.54. The third-order valence-electron chi connectivity index (χ3n) is 5.09. The molecule has 0 atom stereocenters. The van der Waals surface area contributed by atoms with E-state index in [-0.39, 0.29) is 6.03 Å². The molecule has 1 aliphatic heterocycles. The van der Waals surface area contributed by atoms with E-state index in [0.29, 0.717) is 18.9 Å². The van der Waals surface area contributed by atoms with Crippen molar-refractivity contribution in [2.45, 2.75) is 45.3 Å². The number of hydrogen-bond acceptors (Lipinski definition) is 4. The van der Waals surface area contributed by atoms with Crippen LogP contribution in [0.1, 0.15) is 37.0 Å². The molecule has 0 saturated carbocycles. The van der Waals surface area contributed by atoms with Gasteiger partial charge >= 0.3 is 6.03 Å². The molecule has 6 nitrogen and oxygen atoms in total. The number of fused-ring (bicyclic) bond motifs is 2. The van der Waals surface area contributed by atoms with Gasteiger partial charge < -0.3 is 14.4 Å². The third-order valence-corrected chi connectivity index (χ3v) is 5.09. The molecule has 1 N–H and O–H groups in total. The van der Waals surface area contributed by atoms with E-state index in [9.17, 15) is 4.79 Å². The second-order valence-corrected chi connectivity index (χ2v) is 7.81. The summed E-state index contributed by atoms with van der Waals surface area (Å²) in [6.45, 7) is 4.91. The van der Waals surface area contributed by atoms with E-state index in [1.54, 1.807) is 12.0 Å². The Kier molecular flexibility index (Phi) is 4.42. The summed E-state index contributed by atoms with van der Waals surface area (Å²) in [4.78, 5) is 19.1. The fraction of sp³-hybridized carbons (Fsp3) is 0.429. The summed E-state index contributed by atoms with van der Waals surface area (Å²) >= 11 is 0. The lowest BCUT2D eigenvalue weighted by molar-refractivity contribution is 0.0833. The van der Waals surface area contributed by atoms with Crippen LogP contribution in [-0.4, -0.2) is 35.2 Å². The maximum absolute atomic E-state index is 12.9. The molecule has 0 fully saturated rings. The van der Waals surface area contributed by atoms with Gasteiger partial charge in [-0.1, -0.05) is 0 Å². The Labute approximate surface area is 159 Å². The summed E-state index contributed by atoms with van der Waals surface area (Å²) in [6.07, 6.45) is 5.18. The number of carbonyl (C=O) groups is 1. The lowest BCUT2D eigenvalue weighted by Crippen LogP contribution is -2.44. The Morgan fingerprint density at radius 1 is 1.22 bits per heavy atom. The molecular weight excluding hydrogens is 342 g/mol. The van der Waals surface area contributed by atoms with Gasteiger partial charge in [0.05, 0.1) is 20.2 Å². The number of ether oxygens (including phenoxy) is 2. The second kappa shape index (κ2) is 6.76. The predicted molar refractivity (Wildman–Crippen MR) is 103 cm³/mol. The van der Waals surface area contributed by atoms with Crippen LogP contribution in [0.15, 0.2) is 30.5 Å². The molecule has 2 heterocycles. The lowest BCUT2D eigenvalue weighted by atomic mass is 10.1. The number of carbonyl (C=O) groups excluding carboxylic acids is 1. The molecule has 2 amide bonds. The number of nitrogens with zero attached hydrogens (tertiary/aromatic N) is 2. The van der Waals surface area contributed by atoms with Gasteiger partial charge in [0.15, 0.2) is 0 Å². The highest BCUT2D eigenvalue weighted by molar-refractivity contribution is 5.88. The zero-order chi connectivity index (χ0) is 19.0. The van der Waals surface area contributed by atoms with E-state index in [1.165, 1.54) is 11.1 Å². The molecule has 0 bridgehead atoms. The molecule has 1 aromatic heterocycles. The van der Waals surface area contributed by atoms with Crippen LogP contribution in [0.25, 0.3) is 0 Å². The first-order chi connectivity index (χ1) is 12.9. The Morgan fingerprint density at radius 3 is 2.85 bits per heavy atom. The van der Waals surface area contributed by atoms with Gasteiger partial charge in [0.25, 0.3) is 0 Å². The summed E-state index contributed by atoms with van der Waals surface area (Å²) in [7, 11) is 1.63. The summed E-state index contributed by atoms with van der Waals surface area (Å²) in [5.74, 6) is 2.11. The highest BCUT2D eigenvalue weighted by Gasteiger charge is 2.32. The average molecular weight is 367 g/mol. The van der Waals surface area contributed by atoms with E-state index in [0.717, 1.165) is 36.3 Å². The van der Waals surface area contributed by atoms with Crippen molar-refractivity contribution in [1.29, 1.82) is 0 Å². The van der Waals surface area contributed by atoms with Crippen LogP contribution >= 0.6 is 0 Å².